The quantitative estimate of drug-likeness (QED) is 0.836. The van der Waals surface area contributed by atoms with Gasteiger partial charge >= 0.3 is 5.97 Å². The van der Waals surface area contributed by atoms with E-state index < -0.39 is 11.4 Å². The van der Waals surface area contributed by atoms with Crippen LogP contribution in [0.3, 0.4) is 0 Å². The van der Waals surface area contributed by atoms with E-state index in [9.17, 15) is 14.7 Å². The number of methoxy groups -OCH3 is 1. The number of carboxylic acid groups (broad SMARTS) is 1. The Morgan fingerprint density at radius 1 is 1.50 bits per heavy atom. The van der Waals surface area contributed by atoms with Crippen molar-refractivity contribution in [2.45, 2.75) is 32.1 Å². The van der Waals surface area contributed by atoms with Crippen molar-refractivity contribution in [3.8, 4) is 0 Å². The number of hydrogen-bond donors (Lipinski definition) is 1. The molecule has 1 aliphatic heterocycles. The molecule has 1 aliphatic rings. The number of carboxylic acids is 1. The maximum Gasteiger partial charge on any atom is 0.311 e. The van der Waals surface area contributed by atoms with Crippen LogP contribution in [0.5, 0.6) is 0 Å². The van der Waals surface area contributed by atoms with Crippen molar-refractivity contribution in [1.29, 1.82) is 0 Å². The molecule has 0 radical (unpaired) electrons. The normalized spacial score (nSPS) is 21.8. The molecule has 1 atom stereocenters. The number of thiophene rings is 1. The first-order chi connectivity index (χ1) is 10.6. The summed E-state index contributed by atoms with van der Waals surface area (Å²) in [7, 11) is 1.57. The summed E-state index contributed by atoms with van der Waals surface area (Å²) in [6.07, 6.45) is 2.96. The average Bonchev–Trinajstić information content (AvgIpc) is 3.04. The minimum Gasteiger partial charge on any atom is -0.481 e. The monoisotopic (exact) mass is 325 g/mol. The van der Waals surface area contributed by atoms with Gasteiger partial charge in [0.05, 0.1) is 5.41 Å². The number of piperidine rings is 1. The van der Waals surface area contributed by atoms with Gasteiger partial charge in [-0.2, -0.15) is 11.3 Å². The summed E-state index contributed by atoms with van der Waals surface area (Å²) < 4.78 is 5.05. The van der Waals surface area contributed by atoms with Gasteiger partial charge in [-0.25, -0.2) is 0 Å². The van der Waals surface area contributed by atoms with Crippen LogP contribution in [0.15, 0.2) is 16.8 Å². The van der Waals surface area contributed by atoms with Crippen molar-refractivity contribution in [3.63, 3.8) is 0 Å². The molecule has 0 saturated carbocycles. The van der Waals surface area contributed by atoms with E-state index in [-0.39, 0.29) is 5.91 Å². The van der Waals surface area contributed by atoms with E-state index in [1.54, 1.807) is 23.3 Å². The highest BCUT2D eigenvalue weighted by molar-refractivity contribution is 7.07. The van der Waals surface area contributed by atoms with Crippen LogP contribution in [0.4, 0.5) is 0 Å². The summed E-state index contributed by atoms with van der Waals surface area (Å²) in [4.78, 5) is 25.8. The predicted molar refractivity (Wildman–Crippen MR) is 85.0 cm³/mol. The molecule has 2 rings (SSSR count). The van der Waals surface area contributed by atoms with Gasteiger partial charge in [0.15, 0.2) is 0 Å². The highest BCUT2D eigenvalue weighted by Gasteiger charge is 2.43. The van der Waals surface area contributed by atoms with Gasteiger partial charge in [-0.3, -0.25) is 9.59 Å². The fraction of sp³-hybridized carbons (Fsp3) is 0.625. The molecule has 122 valence electrons. The van der Waals surface area contributed by atoms with Crippen molar-refractivity contribution in [1.82, 2.24) is 4.90 Å². The molecule has 2 heterocycles. The lowest BCUT2D eigenvalue weighted by atomic mass is 9.77. The van der Waals surface area contributed by atoms with Gasteiger partial charge in [0.25, 0.3) is 0 Å². The third kappa shape index (κ3) is 4.08. The predicted octanol–water partition coefficient (Wildman–Crippen LogP) is 2.41. The van der Waals surface area contributed by atoms with E-state index in [1.807, 2.05) is 16.8 Å². The Kier molecular flexibility index (Phi) is 5.97. The smallest absolute Gasteiger partial charge is 0.311 e. The van der Waals surface area contributed by atoms with Crippen LogP contribution in [-0.4, -0.2) is 48.7 Å². The van der Waals surface area contributed by atoms with Crippen LogP contribution in [0.2, 0.25) is 0 Å². The Labute approximate surface area is 134 Å². The van der Waals surface area contributed by atoms with E-state index in [4.69, 9.17) is 4.74 Å². The molecule has 0 aliphatic carbocycles. The maximum absolute atomic E-state index is 12.4. The van der Waals surface area contributed by atoms with Crippen LogP contribution in [0.1, 0.15) is 31.2 Å². The van der Waals surface area contributed by atoms with E-state index in [2.05, 4.69) is 0 Å². The van der Waals surface area contributed by atoms with Crippen LogP contribution >= 0.6 is 11.3 Å². The fourth-order valence-electron chi connectivity index (χ4n) is 2.97. The maximum atomic E-state index is 12.4. The molecule has 1 N–H and O–H groups in total. The number of ether oxygens (including phenoxy) is 1. The number of nitrogens with zero attached hydrogens (tertiary/aromatic N) is 1. The lowest BCUT2D eigenvalue weighted by Crippen LogP contribution is -2.50. The van der Waals surface area contributed by atoms with Gasteiger partial charge in [-0.1, -0.05) is 0 Å². The summed E-state index contributed by atoms with van der Waals surface area (Å²) in [5.74, 6) is -0.770. The van der Waals surface area contributed by atoms with E-state index in [0.717, 1.165) is 12.8 Å². The third-order valence-electron chi connectivity index (χ3n) is 4.38. The first-order valence-electron chi connectivity index (χ1n) is 7.58. The lowest BCUT2D eigenvalue weighted by molar-refractivity contribution is -0.156. The Hall–Kier alpha value is -1.40. The number of carbonyl (C=O) groups is 2. The van der Waals surface area contributed by atoms with Crippen molar-refractivity contribution in [2.75, 3.05) is 26.8 Å². The second-order valence-corrected chi connectivity index (χ2v) is 6.66. The number of aliphatic carboxylic acids is 1. The largest absolute Gasteiger partial charge is 0.481 e. The van der Waals surface area contributed by atoms with Crippen LogP contribution in [0.25, 0.3) is 0 Å². The van der Waals surface area contributed by atoms with Crippen molar-refractivity contribution in [2.24, 2.45) is 5.41 Å². The number of rotatable bonds is 7. The fourth-order valence-corrected chi connectivity index (χ4v) is 3.68. The minimum atomic E-state index is -0.855. The van der Waals surface area contributed by atoms with E-state index in [1.165, 1.54) is 5.56 Å². The summed E-state index contributed by atoms with van der Waals surface area (Å²) in [5, 5.41) is 13.6. The number of carbonyl (C=O) groups excluding carboxylic acids is 1. The lowest BCUT2D eigenvalue weighted by Gasteiger charge is -2.40. The molecule has 6 heteroatoms. The van der Waals surface area contributed by atoms with Gasteiger partial charge < -0.3 is 14.7 Å². The van der Waals surface area contributed by atoms with Crippen molar-refractivity contribution in [3.05, 3.63) is 22.4 Å². The van der Waals surface area contributed by atoms with Crippen LogP contribution in [-0.2, 0) is 20.7 Å². The van der Waals surface area contributed by atoms with Crippen molar-refractivity contribution >= 4 is 23.2 Å². The van der Waals surface area contributed by atoms with Crippen molar-refractivity contribution < 1.29 is 19.4 Å². The molecule has 1 saturated heterocycles. The zero-order valence-corrected chi connectivity index (χ0v) is 13.7. The van der Waals surface area contributed by atoms with Gasteiger partial charge in [0.1, 0.15) is 0 Å². The Bertz CT molecular complexity index is 502. The first kappa shape index (κ1) is 17.0. The second kappa shape index (κ2) is 7.74. The number of hydrogen-bond acceptors (Lipinski definition) is 4. The molecule has 0 spiro atoms. The molecule has 1 aromatic rings. The van der Waals surface area contributed by atoms with E-state index in [0.29, 0.717) is 39.0 Å². The molecular formula is C16H23NO4S. The topological polar surface area (TPSA) is 66.8 Å². The first-order valence-corrected chi connectivity index (χ1v) is 8.53. The highest BCUT2D eigenvalue weighted by Crippen LogP contribution is 2.34. The van der Waals surface area contributed by atoms with Gasteiger partial charge in [0.2, 0.25) is 5.91 Å². The zero-order chi connectivity index (χ0) is 16.0. The molecule has 0 unspecified atom stereocenters. The average molecular weight is 325 g/mol. The molecule has 0 bridgehead atoms. The molecule has 1 fully saturated rings. The summed E-state index contributed by atoms with van der Waals surface area (Å²) >= 11 is 1.62. The summed E-state index contributed by atoms with van der Waals surface area (Å²) in [5.41, 5.74) is 0.311. The Balaban J connectivity index is 1.95. The van der Waals surface area contributed by atoms with Crippen LogP contribution < -0.4 is 0 Å². The molecule has 0 aromatic carbocycles. The molecule has 22 heavy (non-hydrogen) atoms. The summed E-state index contributed by atoms with van der Waals surface area (Å²) in [6.45, 7) is 1.36. The molecule has 5 nitrogen and oxygen atoms in total. The highest BCUT2D eigenvalue weighted by atomic mass is 32.1. The Morgan fingerprint density at radius 3 is 2.95 bits per heavy atom. The van der Waals surface area contributed by atoms with Gasteiger partial charge in [-0.15, -0.1) is 0 Å². The standard InChI is InChI=1S/C16H23NO4S/c1-21-9-7-16(15(19)20)6-2-8-17(12-16)14(18)4-3-13-5-10-22-11-13/h5,10-11H,2-4,6-9,12H2,1H3,(H,19,20)/t16-/m1/s1. The zero-order valence-electron chi connectivity index (χ0n) is 12.9. The van der Waals surface area contributed by atoms with E-state index >= 15 is 0 Å². The number of aryl methyl sites for hydroxylation is 1. The number of likely N-dealkylation sites (tertiary alicyclic amines) is 1. The SMILES string of the molecule is COCC[C@]1(C(=O)O)CCCN(C(=O)CCc2ccsc2)C1. The molecule has 1 amide bonds. The number of amides is 1. The third-order valence-corrected chi connectivity index (χ3v) is 5.11. The summed E-state index contributed by atoms with van der Waals surface area (Å²) in [6, 6.07) is 2.02. The van der Waals surface area contributed by atoms with Crippen LogP contribution in [0, 0.1) is 5.41 Å². The second-order valence-electron chi connectivity index (χ2n) is 5.88. The minimum absolute atomic E-state index is 0.0499. The Morgan fingerprint density at radius 2 is 2.32 bits per heavy atom. The van der Waals surface area contributed by atoms with Gasteiger partial charge in [-0.05, 0) is 48.1 Å². The molecule has 1 aromatic heterocycles. The molecular weight excluding hydrogens is 302 g/mol. The van der Waals surface area contributed by atoms with Gasteiger partial charge in [0, 0.05) is 33.2 Å².